The maximum absolute atomic E-state index is 14.2. The highest BCUT2D eigenvalue weighted by atomic mass is 35.5. The molecule has 0 bridgehead atoms. The monoisotopic (exact) mass is 460 g/mol. The first-order valence-electron chi connectivity index (χ1n) is 10.1. The van der Waals surface area contributed by atoms with Gasteiger partial charge in [-0.15, -0.1) is 0 Å². The maximum Gasteiger partial charge on any atom is 0.267 e. The molecule has 1 aliphatic carbocycles. The van der Waals surface area contributed by atoms with Gasteiger partial charge in [0.05, 0.1) is 17.0 Å². The molecule has 31 heavy (non-hydrogen) atoms. The second kappa shape index (κ2) is 9.32. The number of amides is 1. The number of carbonyl (C=O) groups excluding carboxylic acids is 1. The van der Waals surface area contributed by atoms with Crippen molar-refractivity contribution in [2.24, 2.45) is 4.99 Å². The molecule has 0 aromatic heterocycles. The number of thioether (sulfide) groups is 1. The molecule has 8 heteroatoms. The van der Waals surface area contributed by atoms with Crippen LogP contribution in [-0.4, -0.2) is 34.2 Å². The standard InChI is InChI=1S/C23H22ClFN2O3S/c1-30-19-12-14(11-16(24)21(19)28)13-20-22(29)27(15-7-3-2-4-8-15)23(31-20)26-18-10-6-5-9-17(18)25/h5-6,9-13,15,28H,2-4,7-8H2,1H3/b20-13-,26-23?. The molecule has 0 unspecified atom stereocenters. The number of para-hydroxylation sites is 1. The highest BCUT2D eigenvalue weighted by molar-refractivity contribution is 8.18. The third-order valence-corrected chi connectivity index (χ3v) is 6.68. The van der Waals surface area contributed by atoms with E-state index in [0.717, 1.165) is 32.1 Å². The Bertz CT molecular complexity index is 1070. The molecule has 2 aliphatic rings. The number of methoxy groups -OCH3 is 1. The average molecular weight is 461 g/mol. The number of hydrogen-bond donors (Lipinski definition) is 1. The Morgan fingerprint density at radius 3 is 2.71 bits per heavy atom. The molecule has 2 aromatic rings. The average Bonchev–Trinajstić information content (AvgIpc) is 3.07. The smallest absolute Gasteiger partial charge is 0.267 e. The number of aliphatic imine (C=N–C) groups is 1. The van der Waals surface area contributed by atoms with Crippen molar-refractivity contribution in [3.63, 3.8) is 0 Å². The van der Waals surface area contributed by atoms with E-state index in [-0.39, 0.29) is 34.2 Å². The molecule has 5 nitrogen and oxygen atoms in total. The van der Waals surface area contributed by atoms with E-state index < -0.39 is 5.82 Å². The van der Waals surface area contributed by atoms with E-state index in [1.165, 1.54) is 24.9 Å². The lowest BCUT2D eigenvalue weighted by Crippen LogP contribution is -2.40. The van der Waals surface area contributed by atoms with Crippen molar-refractivity contribution in [1.82, 2.24) is 4.90 Å². The van der Waals surface area contributed by atoms with Crippen LogP contribution in [-0.2, 0) is 4.79 Å². The molecule has 1 aliphatic heterocycles. The van der Waals surface area contributed by atoms with E-state index in [9.17, 15) is 14.3 Å². The molecule has 0 spiro atoms. The highest BCUT2D eigenvalue weighted by Crippen LogP contribution is 2.40. The lowest BCUT2D eigenvalue weighted by molar-refractivity contribution is -0.124. The summed E-state index contributed by atoms with van der Waals surface area (Å²) in [6.07, 6.45) is 6.75. The Morgan fingerprint density at radius 1 is 1.26 bits per heavy atom. The summed E-state index contributed by atoms with van der Waals surface area (Å²) in [6, 6.07) is 9.50. The number of halogens is 2. The van der Waals surface area contributed by atoms with Gasteiger partial charge in [-0.1, -0.05) is 43.0 Å². The zero-order chi connectivity index (χ0) is 22.0. The zero-order valence-electron chi connectivity index (χ0n) is 17.0. The number of aromatic hydroxyl groups is 1. The summed E-state index contributed by atoms with van der Waals surface area (Å²) < 4.78 is 19.4. The summed E-state index contributed by atoms with van der Waals surface area (Å²) in [4.78, 5) is 20.0. The van der Waals surface area contributed by atoms with Gasteiger partial charge in [0.1, 0.15) is 11.5 Å². The van der Waals surface area contributed by atoms with E-state index in [0.29, 0.717) is 15.6 Å². The first-order valence-corrected chi connectivity index (χ1v) is 11.3. The number of rotatable bonds is 4. The Hall–Kier alpha value is -2.51. The van der Waals surface area contributed by atoms with Crippen LogP contribution in [0.4, 0.5) is 10.1 Å². The summed E-state index contributed by atoms with van der Waals surface area (Å²) in [6.45, 7) is 0. The van der Waals surface area contributed by atoms with Gasteiger partial charge in [-0.2, -0.15) is 0 Å². The zero-order valence-corrected chi connectivity index (χ0v) is 18.5. The van der Waals surface area contributed by atoms with E-state index in [1.807, 2.05) is 0 Å². The molecule has 1 saturated carbocycles. The third kappa shape index (κ3) is 4.57. The summed E-state index contributed by atoms with van der Waals surface area (Å²) in [5.41, 5.74) is 0.820. The van der Waals surface area contributed by atoms with Crippen molar-refractivity contribution >= 4 is 46.2 Å². The van der Waals surface area contributed by atoms with Gasteiger partial charge in [-0.25, -0.2) is 9.38 Å². The van der Waals surface area contributed by atoms with Crippen molar-refractivity contribution < 1.29 is 19.0 Å². The molecule has 1 saturated heterocycles. The maximum atomic E-state index is 14.2. The minimum Gasteiger partial charge on any atom is -0.503 e. The number of ether oxygens (including phenoxy) is 1. The molecule has 1 N–H and O–H groups in total. The first kappa shape index (κ1) is 21.7. The second-order valence-electron chi connectivity index (χ2n) is 7.48. The predicted octanol–water partition coefficient (Wildman–Crippen LogP) is 6.13. The molecule has 1 heterocycles. The normalized spacial score (nSPS) is 20.1. The number of amidine groups is 1. The molecule has 2 fully saturated rings. The van der Waals surface area contributed by atoms with Crippen molar-refractivity contribution in [3.8, 4) is 11.5 Å². The fourth-order valence-electron chi connectivity index (χ4n) is 3.86. The number of carbonyl (C=O) groups is 1. The van der Waals surface area contributed by atoms with Crippen molar-refractivity contribution in [1.29, 1.82) is 0 Å². The molecule has 162 valence electrons. The molecule has 2 aromatic carbocycles. The number of benzene rings is 2. The number of hydrogen-bond acceptors (Lipinski definition) is 5. The van der Waals surface area contributed by atoms with E-state index in [1.54, 1.807) is 41.3 Å². The van der Waals surface area contributed by atoms with Gasteiger partial charge >= 0.3 is 0 Å². The quantitative estimate of drug-likeness (QED) is 0.557. The van der Waals surface area contributed by atoms with Gasteiger partial charge in [-0.05, 0) is 60.5 Å². The largest absolute Gasteiger partial charge is 0.503 e. The van der Waals surface area contributed by atoms with Crippen molar-refractivity contribution in [2.75, 3.05) is 7.11 Å². The molecule has 0 radical (unpaired) electrons. The molecule has 4 rings (SSSR count). The highest BCUT2D eigenvalue weighted by Gasteiger charge is 2.38. The van der Waals surface area contributed by atoms with Crippen LogP contribution in [0.3, 0.4) is 0 Å². The molecular weight excluding hydrogens is 439 g/mol. The van der Waals surface area contributed by atoms with E-state index >= 15 is 0 Å². The summed E-state index contributed by atoms with van der Waals surface area (Å²) in [5, 5.41) is 10.6. The lowest BCUT2D eigenvalue weighted by Gasteiger charge is -2.30. The van der Waals surface area contributed by atoms with Gasteiger partial charge in [0, 0.05) is 6.04 Å². The molecular formula is C23H22ClFN2O3S. The van der Waals surface area contributed by atoms with Gasteiger partial charge in [0.2, 0.25) is 0 Å². The first-order chi connectivity index (χ1) is 15.0. The topological polar surface area (TPSA) is 62.1 Å². The summed E-state index contributed by atoms with van der Waals surface area (Å²) >= 11 is 7.31. The lowest BCUT2D eigenvalue weighted by atomic mass is 9.94. The van der Waals surface area contributed by atoms with E-state index in [2.05, 4.69) is 4.99 Å². The minimum atomic E-state index is -0.431. The summed E-state index contributed by atoms with van der Waals surface area (Å²) in [5.74, 6) is -0.518. The fraction of sp³-hybridized carbons (Fsp3) is 0.304. The number of nitrogens with zero attached hydrogens (tertiary/aromatic N) is 2. The van der Waals surface area contributed by atoms with Crippen LogP contribution in [0.5, 0.6) is 11.5 Å². The fourth-order valence-corrected chi connectivity index (χ4v) is 5.13. The summed E-state index contributed by atoms with van der Waals surface area (Å²) in [7, 11) is 1.43. The number of phenols is 1. The van der Waals surface area contributed by atoms with Crippen molar-refractivity contribution in [3.05, 3.63) is 57.7 Å². The molecule has 1 amide bonds. The van der Waals surface area contributed by atoms with Crippen LogP contribution < -0.4 is 4.74 Å². The van der Waals surface area contributed by atoms with Gasteiger partial charge in [0.25, 0.3) is 5.91 Å². The predicted molar refractivity (Wildman–Crippen MR) is 122 cm³/mol. The Kier molecular flexibility index (Phi) is 6.53. The van der Waals surface area contributed by atoms with Crippen LogP contribution in [0.15, 0.2) is 46.3 Å². The van der Waals surface area contributed by atoms with Crippen LogP contribution >= 0.6 is 23.4 Å². The minimum absolute atomic E-state index is 0.0446. The Morgan fingerprint density at radius 2 is 2.00 bits per heavy atom. The van der Waals surface area contributed by atoms with Crippen LogP contribution in [0.25, 0.3) is 6.08 Å². The SMILES string of the molecule is COc1cc(/C=C2\SC(=Nc3ccccc3F)N(C3CCCCC3)C2=O)cc(Cl)c1O. The third-order valence-electron chi connectivity index (χ3n) is 5.41. The Balaban J connectivity index is 1.74. The Labute approximate surface area is 189 Å². The van der Waals surface area contributed by atoms with E-state index in [4.69, 9.17) is 16.3 Å². The second-order valence-corrected chi connectivity index (χ2v) is 8.89. The number of phenolic OH excluding ortho intramolecular Hbond substituents is 1. The van der Waals surface area contributed by atoms with Gasteiger partial charge in [0.15, 0.2) is 16.7 Å². The van der Waals surface area contributed by atoms with Crippen LogP contribution in [0.2, 0.25) is 5.02 Å². The van der Waals surface area contributed by atoms with Crippen molar-refractivity contribution in [2.45, 2.75) is 38.1 Å². The van der Waals surface area contributed by atoms with Crippen LogP contribution in [0, 0.1) is 5.82 Å². The molecule has 0 atom stereocenters. The van der Waals surface area contributed by atoms with Gasteiger partial charge in [-0.3, -0.25) is 9.69 Å². The van der Waals surface area contributed by atoms with Crippen LogP contribution in [0.1, 0.15) is 37.7 Å². The van der Waals surface area contributed by atoms with Gasteiger partial charge < -0.3 is 9.84 Å².